The Morgan fingerprint density at radius 1 is 0.969 bits per heavy atom. The third-order valence-electron chi connectivity index (χ3n) is 5.49. The smallest absolute Gasteiger partial charge is 0.195 e. The van der Waals surface area contributed by atoms with Crippen LogP contribution in [-0.2, 0) is 0 Å². The molecular weight excluding hydrogens is 519 g/mol. The van der Waals surface area contributed by atoms with Gasteiger partial charge in [0.1, 0.15) is 5.75 Å². The lowest BCUT2D eigenvalue weighted by Crippen LogP contribution is -2.33. The number of benzene rings is 2. The van der Waals surface area contributed by atoms with E-state index in [0.717, 1.165) is 37.0 Å². The Hall–Kier alpha value is -2.20. The highest BCUT2D eigenvalue weighted by Crippen LogP contribution is 2.32. The summed E-state index contributed by atoms with van der Waals surface area (Å²) in [6.07, 6.45) is 2.44. The first kappa shape index (κ1) is 26.1. The van der Waals surface area contributed by atoms with Gasteiger partial charge >= 0.3 is 0 Å². The maximum Gasteiger partial charge on any atom is 0.195 e. The fourth-order valence-corrected chi connectivity index (χ4v) is 3.94. The lowest BCUT2D eigenvalue weighted by Gasteiger charge is -2.28. The van der Waals surface area contributed by atoms with Gasteiger partial charge < -0.3 is 24.8 Å². The maximum atomic E-state index is 5.65. The van der Waals surface area contributed by atoms with E-state index in [2.05, 4.69) is 34.6 Å². The molecule has 7 nitrogen and oxygen atoms in total. The van der Waals surface area contributed by atoms with E-state index in [-0.39, 0.29) is 30.0 Å². The predicted octanol–water partition coefficient (Wildman–Crippen LogP) is 4.54. The first-order chi connectivity index (χ1) is 15.2. The van der Waals surface area contributed by atoms with Crippen LogP contribution in [0.25, 0.3) is 0 Å². The highest BCUT2D eigenvalue weighted by molar-refractivity contribution is 14.0. The first-order valence-corrected chi connectivity index (χ1v) is 10.8. The molecule has 2 aromatic rings. The number of hydrogen-bond donors (Lipinski definition) is 2. The summed E-state index contributed by atoms with van der Waals surface area (Å²) in [5.41, 5.74) is 2.06. The van der Waals surface area contributed by atoms with Crippen LogP contribution in [0.3, 0.4) is 0 Å². The summed E-state index contributed by atoms with van der Waals surface area (Å²) in [5.74, 6) is 3.01. The molecule has 176 valence electrons. The number of ether oxygens (including phenoxy) is 3. The lowest BCUT2D eigenvalue weighted by atomic mass is 10.0. The molecule has 1 unspecified atom stereocenters. The number of nitrogens with zero attached hydrogens (tertiary/aromatic N) is 2. The van der Waals surface area contributed by atoms with Crippen LogP contribution in [0.1, 0.15) is 31.4 Å². The van der Waals surface area contributed by atoms with E-state index >= 15 is 0 Å². The molecule has 8 heteroatoms. The largest absolute Gasteiger partial charge is 0.496 e. The van der Waals surface area contributed by atoms with Crippen molar-refractivity contribution in [3.05, 3.63) is 48.0 Å². The van der Waals surface area contributed by atoms with Crippen LogP contribution in [0.5, 0.6) is 17.2 Å². The van der Waals surface area contributed by atoms with E-state index in [1.54, 1.807) is 21.3 Å². The first-order valence-electron chi connectivity index (χ1n) is 10.8. The number of aliphatic imine (C=N–C) groups is 1. The minimum Gasteiger partial charge on any atom is -0.496 e. The zero-order valence-electron chi connectivity index (χ0n) is 19.4. The Balaban J connectivity index is 0.00000363. The standard InChI is InChI=1S/C24H34N4O3.HI/c1-5-25-24(27-18-12-13-22(30-3)23(16-18)31-4)26-17-20(28-14-8-9-15-28)19-10-6-7-11-21(19)29-2;/h6-7,10-13,16,20H,5,8-9,14-15,17H2,1-4H3,(H2,25,26,27);1H. The second-order valence-corrected chi connectivity index (χ2v) is 7.42. The summed E-state index contributed by atoms with van der Waals surface area (Å²) >= 11 is 0. The summed E-state index contributed by atoms with van der Waals surface area (Å²) in [4.78, 5) is 7.43. The number of halogens is 1. The van der Waals surface area contributed by atoms with Crippen LogP contribution < -0.4 is 24.8 Å². The van der Waals surface area contributed by atoms with E-state index in [9.17, 15) is 0 Å². The van der Waals surface area contributed by atoms with Gasteiger partial charge in [0.2, 0.25) is 0 Å². The van der Waals surface area contributed by atoms with E-state index in [0.29, 0.717) is 18.0 Å². The van der Waals surface area contributed by atoms with Gasteiger partial charge in [-0.2, -0.15) is 0 Å². The van der Waals surface area contributed by atoms with Crippen molar-refractivity contribution in [2.24, 2.45) is 4.99 Å². The molecule has 0 saturated carbocycles. The van der Waals surface area contributed by atoms with Crippen LogP contribution in [0, 0.1) is 0 Å². The van der Waals surface area contributed by atoms with E-state index < -0.39 is 0 Å². The fraction of sp³-hybridized carbons (Fsp3) is 0.458. The zero-order chi connectivity index (χ0) is 22.1. The van der Waals surface area contributed by atoms with Crippen molar-refractivity contribution >= 4 is 35.6 Å². The number of rotatable bonds is 9. The average Bonchev–Trinajstić information content (AvgIpc) is 3.34. The third-order valence-corrected chi connectivity index (χ3v) is 5.49. The molecule has 1 fully saturated rings. The normalized spacial score (nSPS) is 14.9. The van der Waals surface area contributed by atoms with Gasteiger partial charge in [0, 0.05) is 23.9 Å². The number of hydrogen-bond acceptors (Lipinski definition) is 5. The summed E-state index contributed by atoms with van der Waals surface area (Å²) in [7, 11) is 4.99. The molecule has 3 rings (SSSR count). The maximum absolute atomic E-state index is 5.65. The molecule has 1 aliphatic heterocycles. The Kier molecular flexibility index (Phi) is 10.9. The Morgan fingerprint density at radius 2 is 1.66 bits per heavy atom. The molecule has 2 N–H and O–H groups in total. The Labute approximate surface area is 208 Å². The fourth-order valence-electron chi connectivity index (χ4n) is 3.94. The second-order valence-electron chi connectivity index (χ2n) is 7.42. The van der Waals surface area contributed by atoms with Gasteiger partial charge in [-0.15, -0.1) is 24.0 Å². The molecule has 0 aromatic heterocycles. The van der Waals surface area contributed by atoms with Gasteiger partial charge in [-0.25, -0.2) is 0 Å². The molecule has 1 heterocycles. The topological polar surface area (TPSA) is 67.4 Å². The number of likely N-dealkylation sites (tertiary alicyclic amines) is 1. The highest BCUT2D eigenvalue weighted by Gasteiger charge is 2.25. The number of para-hydroxylation sites is 1. The number of anilines is 1. The monoisotopic (exact) mass is 554 g/mol. The highest BCUT2D eigenvalue weighted by atomic mass is 127. The number of guanidine groups is 1. The molecule has 0 aliphatic carbocycles. The van der Waals surface area contributed by atoms with Crippen LogP contribution in [-0.4, -0.2) is 58.4 Å². The van der Waals surface area contributed by atoms with Gasteiger partial charge in [0.05, 0.1) is 33.9 Å². The molecule has 32 heavy (non-hydrogen) atoms. The third kappa shape index (κ3) is 6.65. The van der Waals surface area contributed by atoms with Crippen molar-refractivity contribution in [3.8, 4) is 17.2 Å². The van der Waals surface area contributed by atoms with Gasteiger partial charge in [-0.1, -0.05) is 18.2 Å². The quantitative estimate of drug-likeness (QED) is 0.270. The molecule has 0 radical (unpaired) electrons. The minimum atomic E-state index is 0. The minimum absolute atomic E-state index is 0. The lowest BCUT2D eigenvalue weighted by molar-refractivity contribution is 0.245. The van der Waals surface area contributed by atoms with Crippen molar-refractivity contribution < 1.29 is 14.2 Å². The number of methoxy groups -OCH3 is 3. The molecule has 1 aliphatic rings. The van der Waals surface area contributed by atoms with Crippen molar-refractivity contribution in [1.29, 1.82) is 0 Å². The van der Waals surface area contributed by atoms with Gasteiger partial charge in [-0.05, 0) is 51.1 Å². The predicted molar refractivity (Wildman–Crippen MR) is 141 cm³/mol. The number of nitrogens with one attached hydrogen (secondary N) is 2. The van der Waals surface area contributed by atoms with Gasteiger partial charge in [0.15, 0.2) is 17.5 Å². The zero-order valence-corrected chi connectivity index (χ0v) is 21.7. The SMILES string of the molecule is CCNC(=NCC(c1ccccc1OC)N1CCCC1)Nc1ccc(OC)c(OC)c1.I. The van der Waals surface area contributed by atoms with Crippen molar-refractivity contribution in [1.82, 2.24) is 10.2 Å². The summed E-state index contributed by atoms with van der Waals surface area (Å²) in [6, 6.07) is 14.1. The van der Waals surface area contributed by atoms with Crippen LogP contribution >= 0.6 is 24.0 Å². The molecule has 1 saturated heterocycles. The van der Waals surface area contributed by atoms with Crippen molar-refractivity contribution in [3.63, 3.8) is 0 Å². The Bertz CT molecular complexity index is 872. The van der Waals surface area contributed by atoms with Crippen molar-refractivity contribution in [2.75, 3.05) is 52.8 Å². The van der Waals surface area contributed by atoms with E-state index in [4.69, 9.17) is 19.2 Å². The average molecular weight is 554 g/mol. The second kappa shape index (κ2) is 13.4. The van der Waals surface area contributed by atoms with Gasteiger partial charge in [0.25, 0.3) is 0 Å². The molecule has 0 bridgehead atoms. The molecule has 0 spiro atoms. The molecular formula is C24H35IN4O3. The van der Waals surface area contributed by atoms with Crippen LogP contribution in [0.4, 0.5) is 5.69 Å². The van der Waals surface area contributed by atoms with E-state index in [1.165, 1.54) is 18.4 Å². The molecule has 2 aromatic carbocycles. The van der Waals surface area contributed by atoms with Crippen LogP contribution in [0.15, 0.2) is 47.5 Å². The molecule has 0 amide bonds. The summed E-state index contributed by atoms with van der Waals surface area (Å²) in [6.45, 7) is 5.62. The Morgan fingerprint density at radius 3 is 2.31 bits per heavy atom. The summed E-state index contributed by atoms with van der Waals surface area (Å²) in [5, 5.41) is 6.73. The van der Waals surface area contributed by atoms with Gasteiger partial charge in [-0.3, -0.25) is 9.89 Å². The van der Waals surface area contributed by atoms with Crippen LogP contribution in [0.2, 0.25) is 0 Å². The van der Waals surface area contributed by atoms with E-state index in [1.807, 2.05) is 30.3 Å². The van der Waals surface area contributed by atoms with Crippen molar-refractivity contribution in [2.45, 2.75) is 25.8 Å². The molecule has 1 atom stereocenters. The summed E-state index contributed by atoms with van der Waals surface area (Å²) < 4.78 is 16.4.